The zero-order valence-corrected chi connectivity index (χ0v) is 11.5. The summed E-state index contributed by atoms with van der Waals surface area (Å²) in [5.74, 6) is 1.15. The van der Waals surface area contributed by atoms with Gasteiger partial charge < -0.3 is 14.8 Å². The Morgan fingerprint density at radius 3 is 2.78 bits per heavy atom. The summed E-state index contributed by atoms with van der Waals surface area (Å²) in [5.41, 5.74) is 2.65. The first-order valence-electron chi connectivity index (χ1n) is 5.15. The lowest BCUT2D eigenvalue weighted by atomic mass is 10.2. The Balaban J connectivity index is 2.16. The summed E-state index contributed by atoms with van der Waals surface area (Å²) in [5, 5.41) is 12.1. The molecule has 0 bridgehead atoms. The van der Waals surface area contributed by atoms with Gasteiger partial charge in [0, 0.05) is 6.54 Å². The first-order valence-corrected chi connectivity index (χ1v) is 6.40. The van der Waals surface area contributed by atoms with Crippen LogP contribution in [0.5, 0.6) is 11.5 Å². The summed E-state index contributed by atoms with van der Waals surface area (Å²) in [6.07, 6.45) is 0. The lowest BCUT2D eigenvalue weighted by molar-refractivity contribution is 0.355. The van der Waals surface area contributed by atoms with E-state index in [1.165, 1.54) is 11.3 Å². The van der Waals surface area contributed by atoms with Gasteiger partial charge >= 0.3 is 0 Å². The number of rotatable bonds is 5. The zero-order valence-electron chi connectivity index (χ0n) is 9.94. The molecule has 0 amide bonds. The van der Waals surface area contributed by atoms with Gasteiger partial charge in [-0.1, -0.05) is 22.9 Å². The van der Waals surface area contributed by atoms with E-state index in [1.54, 1.807) is 19.7 Å². The van der Waals surface area contributed by atoms with Crippen molar-refractivity contribution in [2.45, 2.75) is 6.54 Å². The third-order valence-electron chi connectivity index (χ3n) is 2.30. The topological polar surface area (TPSA) is 56.3 Å². The highest BCUT2D eigenvalue weighted by Gasteiger charge is 2.10. The molecular formula is C11H12ClN3O2S. The molecule has 7 heteroatoms. The summed E-state index contributed by atoms with van der Waals surface area (Å²) in [6, 6.07) is 3.70. The Kier molecular flexibility index (Phi) is 4.22. The monoisotopic (exact) mass is 285 g/mol. The van der Waals surface area contributed by atoms with Gasteiger partial charge in [0.15, 0.2) is 11.5 Å². The number of halogens is 1. The molecule has 1 aromatic heterocycles. The van der Waals surface area contributed by atoms with E-state index in [0.29, 0.717) is 23.1 Å². The minimum atomic E-state index is 0.519. The fraction of sp³-hybridized carbons (Fsp3) is 0.273. The van der Waals surface area contributed by atoms with Crippen molar-refractivity contribution in [2.24, 2.45) is 0 Å². The van der Waals surface area contributed by atoms with E-state index >= 15 is 0 Å². The molecule has 1 heterocycles. The van der Waals surface area contributed by atoms with Crippen LogP contribution in [0.1, 0.15) is 5.56 Å². The smallest absolute Gasteiger partial charge is 0.205 e. The van der Waals surface area contributed by atoms with Crippen molar-refractivity contribution < 1.29 is 9.47 Å². The van der Waals surface area contributed by atoms with Gasteiger partial charge in [-0.2, -0.15) is 0 Å². The highest BCUT2D eigenvalue weighted by molar-refractivity contribution is 7.13. The van der Waals surface area contributed by atoms with E-state index in [9.17, 15) is 0 Å². The third kappa shape index (κ3) is 2.83. The Labute approximate surface area is 114 Å². The number of nitrogens with one attached hydrogen (secondary N) is 1. The van der Waals surface area contributed by atoms with Crippen LogP contribution in [0.4, 0.5) is 5.13 Å². The fourth-order valence-corrected chi connectivity index (χ4v) is 2.26. The van der Waals surface area contributed by atoms with Crippen molar-refractivity contribution >= 4 is 28.1 Å². The summed E-state index contributed by atoms with van der Waals surface area (Å²) in [6.45, 7) is 0.593. The summed E-state index contributed by atoms with van der Waals surface area (Å²) in [7, 11) is 3.14. The average molecular weight is 286 g/mol. The predicted molar refractivity (Wildman–Crippen MR) is 71.8 cm³/mol. The van der Waals surface area contributed by atoms with Crippen molar-refractivity contribution in [3.8, 4) is 11.5 Å². The van der Waals surface area contributed by atoms with E-state index in [2.05, 4.69) is 15.5 Å². The van der Waals surface area contributed by atoms with Crippen molar-refractivity contribution in [3.63, 3.8) is 0 Å². The Morgan fingerprint density at radius 1 is 1.33 bits per heavy atom. The lowest BCUT2D eigenvalue weighted by Crippen LogP contribution is -2.01. The molecule has 0 saturated heterocycles. The van der Waals surface area contributed by atoms with Crippen molar-refractivity contribution in [3.05, 3.63) is 28.2 Å². The van der Waals surface area contributed by atoms with Crippen LogP contribution in [-0.2, 0) is 6.54 Å². The normalized spacial score (nSPS) is 10.2. The minimum Gasteiger partial charge on any atom is -0.493 e. The molecule has 0 radical (unpaired) electrons. The van der Waals surface area contributed by atoms with Crippen LogP contribution in [0, 0.1) is 0 Å². The number of nitrogens with zero attached hydrogens (tertiary/aromatic N) is 2. The third-order valence-corrected chi connectivity index (χ3v) is 3.23. The van der Waals surface area contributed by atoms with Gasteiger partial charge in [-0.3, -0.25) is 0 Å². The van der Waals surface area contributed by atoms with Crippen LogP contribution >= 0.6 is 22.9 Å². The summed E-state index contributed by atoms with van der Waals surface area (Å²) < 4.78 is 10.4. The number of methoxy groups -OCH3 is 2. The molecule has 18 heavy (non-hydrogen) atoms. The number of anilines is 1. The van der Waals surface area contributed by atoms with Crippen LogP contribution in [0.3, 0.4) is 0 Å². The van der Waals surface area contributed by atoms with Crippen LogP contribution in [-0.4, -0.2) is 24.4 Å². The Hall–Kier alpha value is -1.53. The maximum atomic E-state index is 6.12. The molecule has 0 saturated carbocycles. The Morgan fingerprint density at radius 2 is 2.17 bits per heavy atom. The van der Waals surface area contributed by atoms with Crippen LogP contribution in [0.15, 0.2) is 17.6 Å². The molecule has 5 nitrogen and oxygen atoms in total. The van der Waals surface area contributed by atoms with Crippen molar-refractivity contribution in [2.75, 3.05) is 19.5 Å². The molecule has 0 aliphatic carbocycles. The van der Waals surface area contributed by atoms with Gasteiger partial charge in [0.2, 0.25) is 5.13 Å². The standard InChI is InChI=1S/C11H12ClN3O2S/c1-16-9-4-7(3-8(12)10(9)17-2)5-13-11-15-14-6-18-11/h3-4,6H,5H2,1-2H3,(H,13,15). The highest BCUT2D eigenvalue weighted by atomic mass is 35.5. The van der Waals surface area contributed by atoms with Gasteiger partial charge in [0.1, 0.15) is 5.51 Å². The van der Waals surface area contributed by atoms with E-state index in [4.69, 9.17) is 21.1 Å². The second-order valence-corrected chi connectivity index (χ2v) is 4.65. The average Bonchev–Trinajstić information content (AvgIpc) is 2.88. The predicted octanol–water partition coefficient (Wildman–Crippen LogP) is 2.82. The van der Waals surface area contributed by atoms with Gasteiger partial charge in [-0.25, -0.2) is 0 Å². The molecule has 96 valence electrons. The van der Waals surface area contributed by atoms with Crippen LogP contribution < -0.4 is 14.8 Å². The summed E-state index contributed by atoms with van der Waals surface area (Å²) in [4.78, 5) is 0. The van der Waals surface area contributed by atoms with Gasteiger partial charge in [-0.05, 0) is 17.7 Å². The first kappa shape index (κ1) is 12.9. The van der Waals surface area contributed by atoms with E-state index in [-0.39, 0.29) is 0 Å². The second-order valence-electron chi connectivity index (χ2n) is 3.41. The van der Waals surface area contributed by atoms with Gasteiger partial charge in [0.05, 0.1) is 19.2 Å². The van der Waals surface area contributed by atoms with Crippen molar-refractivity contribution in [1.29, 1.82) is 0 Å². The number of aromatic nitrogens is 2. The maximum Gasteiger partial charge on any atom is 0.205 e. The fourth-order valence-electron chi connectivity index (χ4n) is 1.50. The number of hydrogen-bond acceptors (Lipinski definition) is 6. The van der Waals surface area contributed by atoms with Crippen molar-refractivity contribution in [1.82, 2.24) is 10.2 Å². The molecular weight excluding hydrogens is 274 g/mol. The Bertz CT molecular complexity index is 519. The molecule has 0 aliphatic heterocycles. The van der Waals surface area contributed by atoms with E-state index in [0.717, 1.165) is 10.7 Å². The number of hydrogen-bond donors (Lipinski definition) is 1. The second kappa shape index (κ2) is 5.88. The molecule has 2 aromatic rings. The molecule has 1 N–H and O–H groups in total. The van der Waals surface area contributed by atoms with Gasteiger partial charge in [0.25, 0.3) is 0 Å². The molecule has 1 aromatic carbocycles. The van der Waals surface area contributed by atoms with E-state index < -0.39 is 0 Å². The maximum absolute atomic E-state index is 6.12. The van der Waals surface area contributed by atoms with Crippen LogP contribution in [0.2, 0.25) is 5.02 Å². The summed E-state index contributed by atoms with van der Waals surface area (Å²) >= 11 is 7.56. The molecule has 0 spiro atoms. The molecule has 0 atom stereocenters. The molecule has 0 aliphatic rings. The highest BCUT2D eigenvalue weighted by Crippen LogP contribution is 2.36. The largest absolute Gasteiger partial charge is 0.493 e. The number of ether oxygens (including phenoxy) is 2. The van der Waals surface area contributed by atoms with Gasteiger partial charge in [-0.15, -0.1) is 10.2 Å². The van der Waals surface area contributed by atoms with E-state index in [1.807, 2.05) is 12.1 Å². The van der Waals surface area contributed by atoms with Crippen LogP contribution in [0.25, 0.3) is 0 Å². The molecule has 2 rings (SSSR count). The zero-order chi connectivity index (χ0) is 13.0. The minimum absolute atomic E-state index is 0.519. The molecule has 0 unspecified atom stereocenters. The lowest BCUT2D eigenvalue weighted by Gasteiger charge is -2.11. The quantitative estimate of drug-likeness (QED) is 0.915. The first-order chi connectivity index (χ1) is 8.74. The number of benzene rings is 1. The molecule has 0 fully saturated rings. The SMILES string of the molecule is COc1cc(CNc2nncs2)cc(Cl)c1OC.